The van der Waals surface area contributed by atoms with Crippen molar-refractivity contribution >= 4 is 21.4 Å². The largest absolute Gasteiger partial charge is 0.490 e. The molecule has 4 rings (SSSR count). The van der Waals surface area contributed by atoms with Gasteiger partial charge in [-0.05, 0) is 68.0 Å². The number of sulfonamides is 1. The van der Waals surface area contributed by atoms with Crippen molar-refractivity contribution in [3.8, 4) is 32.8 Å². The second-order valence-electron chi connectivity index (χ2n) is 8.77. The number of nitriles is 1. The number of benzene rings is 2. The Morgan fingerprint density at radius 1 is 1.29 bits per heavy atom. The second-order valence-corrected chi connectivity index (χ2v) is 11.7. The third kappa shape index (κ3) is 5.33. The molecule has 34 heavy (non-hydrogen) atoms. The molecule has 2 aromatic carbocycles. The van der Waals surface area contributed by atoms with E-state index >= 15 is 0 Å². The summed E-state index contributed by atoms with van der Waals surface area (Å²) in [6.07, 6.45) is 4.94. The van der Waals surface area contributed by atoms with Gasteiger partial charge in [0, 0.05) is 17.8 Å². The Hall–Kier alpha value is -2.73. The van der Waals surface area contributed by atoms with Gasteiger partial charge in [-0.25, -0.2) is 18.1 Å². The van der Waals surface area contributed by atoms with E-state index in [9.17, 15) is 13.7 Å². The van der Waals surface area contributed by atoms with Crippen molar-refractivity contribution < 1.29 is 13.2 Å². The summed E-state index contributed by atoms with van der Waals surface area (Å²) in [4.78, 5) is 5.65. The number of thiazole rings is 1. The quantitative estimate of drug-likeness (QED) is 0.402. The molecule has 1 atom stereocenters. The van der Waals surface area contributed by atoms with Crippen LogP contribution < -0.4 is 9.46 Å². The highest BCUT2D eigenvalue weighted by Crippen LogP contribution is 2.41. The minimum atomic E-state index is -3.29. The van der Waals surface area contributed by atoms with Crippen LogP contribution in [0.5, 0.6) is 5.75 Å². The monoisotopic (exact) mass is 495 g/mol. The summed E-state index contributed by atoms with van der Waals surface area (Å²) in [6, 6.07) is 13.7. The minimum Gasteiger partial charge on any atom is -0.490 e. The molecule has 0 bridgehead atoms. The van der Waals surface area contributed by atoms with E-state index in [4.69, 9.17) is 4.74 Å². The highest BCUT2D eigenvalue weighted by atomic mass is 32.2. The average molecular weight is 496 g/mol. The molecule has 8 heteroatoms. The molecule has 0 fully saturated rings. The lowest BCUT2D eigenvalue weighted by Crippen LogP contribution is -2.29. The first kappa shape index (κ1) is 24.4. The second kappa shape index (κ2) is 10.3. The van der Waals surface area contributed by atoms with Gasteiger partial charge in [-0.15, -0.1) is 11.3 Å². The Bertz CT molecular complexity index is 1320. The zero-order valence-electron chi connectivity index (χ0n) is 19.7. The van der Waals surface area contributed by atoms with E-state index in [0.29, 0.717) is 17.7 Å². The summed E-state index contributed by atoms with van der Waals surface area (Å²) in [5.41, 5.74) is 4.69. The molecule has 1 aliphatic carbocycles. The molecular weight excluding hydrogens is 466 g/mol. The van der Waals surface area contributed by atoms with Crippen molar-refractivity contribution in [3.63, 3.8) is 0 Å². The van der Waals surface area contributed by atoms with E-state index in [1.54, 1.807) is 11.3 Å². The zero-order valence-corrected chi connectivity index (χ0v) is 21.3. The van der Waals surface area contributed by atoms with Gasteiger partial charge in [0.1, 0.15) is 16.8 Å². The van der Waals surface area contributed by atoms with Crippen LogP contribution in [0.3, 0.4) is 0 Å². The molecule has 0 aliphatic heterocycles. The van der Waals surface area contributed by atoms with Crippen molar-refractivity contribution in [2.24, 2.45) is 0 Å². The first-order valence-electron chi connectivity index (χ1n) is 11.6. The third-order valence-corrected chi connectivity index (χ3v) is 8.39. The number of hydrogen-bond acceptors (Lipinski definition) is 6. The van der Waals surface area contributed by atoms with Crippen molar-refractivity contribution in [3.05, 3.63) is 59.3 Å². The van der Waals surface area contributed by atoms with Crippen LogP contribution in [0.2, 0.25) is 0 Å². The van der Waals surface area contributed by atoms with Gasteiger partial charge in [0.05, 0.1) is 22.3 Å². The van der Waals surface area contributed by atoms with Crippen LogP contribution in [-0.4, -0.2) is 25.3 Å². The lowest BCUT2D eigenvalue weighted by Gasteiger charge is -2.15. The van der Waals surface area contributed by atoms with Gasteiger partial charge in [-0.1, -0.05) is 31.5 Å². The van der Waals surface area contributed by atoms with Crippen LogP contribution in [0.1, 0.15) is 62.8 Å². The van der Waals surface area contributed by atoms with Gasteiger partial charge in [0.15, 0.2) is 0 Å². The Labute approximate surface area is 205 Å². The molecule has 178 valence electrons. The molecule has 3 aromatic rings. The molecule has 0 amide bonds. The molecular formula is C26H29N3O3S2. The van der Waals surface area contributed by atoms with Gasteiger partial charge in [-0.2, -0.15) is 5.26 Å². The average Bonchev–Trinajstić information content (AvgIpc) is 3.45. The number of fused-ring (bicyclic) bond motifs is 1. The van der Waals surface area contributed by atoms with Crippen LogP contribution in [0.4, 0.5) is 0 Å². The lowest BCUT2D eigenvalue weighted by atomic mass is 10.0. The Morgan fingerprint density at radius 2 is 2.12 bits per heavy atom. The molecule has 1 aromatic heterocycles. The van der Waals surface area contributed by atoms with E-state index in [1.165, 1.54) is 5.56 Å². The van der Waals surface area contributed by atoms with Gasteiger partial charge in [-0.3, -0.25) is 0 Å². The fourth-order valence-electron chi connectivity index (χ4n) is 4.26. The normalized spacial score (nSPS) is 15.3. The van der Waals surface area contributed by atoms with E-state index in [0.717, 1.165) is 45.8 Å². The Morgan fingerprint density at radius 3 is 2.85 bits per heavy atom. The maximum atomic E-state index is 12.5. The maximum Gasteiger partial charge on any atom is 0.212 e. The SMILES string of the molecule is CCCCS(=O)(=O)N[C@@H]1CCc2c(-c3cnc(-c4ccc(OC(C)C)c(C#N)c4)s3)cccc21. The van der Waals surface area contributed by atoms with E-state index < -0.39 is 10.0 Å². The topological polar surface area (TPSA) is 92.1 Å². The lowest BCUT2D eigenvalue weighted by molar-refractivity contribution is 0.242. The standard InChI is InChI=1S/C26H29N3O3S2/c1-4-5-13-34(30,31)29-23-11-10-20-21(23)7-6-8-22(20)25-16-28-26(33-25)18-9-12-24(32-17(2)3)19(14-18)15-27/h6-9,12,14,16-17,23,29H,4-5,10-11,13H2,1-3H3/t23-/m1/s1. The van der Waals surface area contributed by atoms with Crippen LogP contribution in [0.25, 0.3) is 21.0 Å². The van der Waals surface area contributed by atoms with Crippen molar-refractivity contribution in [1.82, 2.24) is 9.71 Å². The fourth-order valence-corrected chi connectivity index (χ4v) is 6.69. The number of nitrogens with zero attached hydrogens (tertiary/aromatic N) is 2. The molecule has 1 N–H and O–H groups in total. The first-order chi connectivity index (χ1) is 16.3. The number of aromatic nitrogens is 1. The number of nitrogens with one attached hydrogen (secondary N) is 1. The van der Waals surface area contributed by atoms with E-state index in [2.05, 4.69) is 21.8 Å². The molecule has 0 saturated heterocycles. The molecule has 1 aliphatic rings. The van der Waals surface area contributed by atoms with Gasteiger partial charge in [0.2, 0.25) is 10.0 Å². The van der Waals surface area contributed by atoms with Crippen molar-refractivity contribution in [2.45, 2.75) is 58.6 Å². The fraction of sp³-hybridized carbons (Fsp3) is 0.385. The van der Waals surface area contributed by atoms with E-state index in [-0.39, 0.29) is 17.9 Å². The first-order valence-corrected chi connectivity index (χ1v) is 14.1. The number of hydrogen-bond donors (Lipinski definition) is 1. The zero-order chi connectivity index (χ0) is 24.3. The number of rotatable bonds is 9. The highest BCUT2D eigenvalue weighted by molar-refractivity contribution is 7.89. The van der Waals surface area contributed by atoms with Gasteiger partial charge >= 0.3 is 0 Å². The number of unbranched alkanes of at least 4 members (excludes halogenated alkanes) is 1. The van der Waals surface area contributed by atoms with Crippen LogP contribution in [0, 0.1) is 11.3 Å². The molecule has 6 nitrogen and oxygen atoms in total. The molecule has 0 radical (unpaired) electrons. The summed E-state index contributed by atoms with van der Waals surface area (Å²) >= 11 is 1.57. The predicted octanol–water partition coefficient (Wildman–Crippen LogP) is 5.84. The van der Waals surface area contributed by atoms with Crippen LogP contribution >= 0.6 is 11.3 Å². The molecule has 0 unspecified atom stereocenters. The van der Waals surface area contributed by atoms with Crippen molar-refractivity contribution in [2.75, 3.05) is 5.75 Å². The van der Waals surface area contributed by atoms with Crippen LogP contribution in [-0.2, 0) is 16.4 Å². The third-order valence-electron chi connectivity index (χ3n) is 5.84. The highest BCUT2D eigenvalue weighted by Gasteiger charge is 2.28. The predicted molar refractivity (Wildman–Crippen MR) is 136 cm³/mol. The molecule has 1 heterocycles. The Kier molecular flexibility index (Phi) is 7.36. The van der Waals surface area contributed by atoms with Gasteiger partial charge < -0.3 is 4.74 Å². The minimum absolute atomic E-state index is 0.00969. The van der Waals surface area contributed by atoms with Crippen LogP contribution in [0.15, 0.2) is 42.6 Å². The van der Waals surface area contributed by atoms with E-state index in [1.807, 2.05) is 57.3 Å². The summed E-state index contributed by atoms with van der Waals surface area (Å²) in [6.45, 7) is 5.85. The smallest absolute Gasteiger partial charge is 0.212 e. The molecule has 0 spiro atoms. The summed E-state index contributed by atoms with van der Waals surface area (Å²) < 4.78 is 33.5. The summed E-state index contributed by atoms with van der Waals surface area (Å²) in [5.74, 6) is 0.741. The summed E-state index contributed by atoms with van der Waals surface area (Å²) in [7, 11) is -3.29. The molecule has 0 saturated carbocycles. The van der Waals surface area contributed by atoms with Gasteiger partial charge in [0.25, 0.3) is 0 Å². The number of ether oxygens (including phenoxy) is 1. The maximum absolute atomic E-state index is 12.5. The van der Waals surface area contributed by atoms with Crippen molar-refractivity contribution in [1.29, 1.82) is 5.26 Å². The Balaban J connectivity index is 1.60. The summed E-state index contributed by atoms with van der Waals surface area (Å²) in [5, 5.41) is 10.4.